The van der Waals surface area contributed by atoms with E-state index in [1.807, 2.05) is 0 Å². The van der Waals surface area contributed by atoms with Gasteiger partial charge in [0, 0.05) is 37.4 Å². The van der Waals surface area contributed by atoms with Crippen LogP contribution in [-0.4, -0.2) is 44.4 Å². The van der Waals surface area contributed by atoms with Gasteiger partial charge >= 0.3 is 0 Å². The number of allylic oxidation sites excluding steroid dienone is 7. The largest absolute Gasteiger partial charge is 0.498 e. The molecule has 1 saturated heterocycles. The van der Waals surface area contributed by atoms with E-state index in [0.717, 1.165) is 39.5 Å². The zero-order chi connectivity index (χ0) is 18.5. The van der Waals surface area contributed by atoms with Crippen molar-refractivity contribution in [3.8, 4) is 0 Å². The second-order valence-electron chi connectivity index (χ2n) is 7.36. The van der Waals surface area contributed by atoms with Crippen LogP contribution in [0.3, 0.4) is 0 Å². The molecule has 27 heavy (non-hydrogen) atoms. The summed E-state index contributed by atoms with van der Waals surface area (Å²) in [7, 11) is 0. The predicted molar refractivity (Wildman–Crippen MR) is 109 cm³/mol. The standard InChI is InChI=1S/C24H29NO2/c1-2-27-24-21(18-25-14-16-26-17-15-25)22(19-10-8-5-9-11-19)23(24)20-12-6-3-4-7-13-20/h3-13,20,22-23H,2,14-18H2,1H3. The van der Waals surface area contributed by atoms with Crippen LogP contribution < -0.4 is 0 Å². The van der Waals surface area contributed by atoms with E-state index in [1.54, 1.807) is 0 Å². The summed E-state index contributed by atoms with van der Waals surface area (Å²) in [5.74, 6) is 2.35. The van der Waals surface area contributed by atoms with Gasteiger partial charge in [-0.1, -0.05) is 66.8 Å². The van der Waals surface area contributed by atoms with Crippen molar-refractivity contribution in [1.29, 1.82) is 0 Å². The number of hydrogen-bond donors (Lipinski definition) is 0. The average molecular weight is 364 g/mol. The summed E-state index contributed by atoms with van der Waals surface area (Å²) >= 11 is 0. The predicted octanol–water partition coefficient (Wildman–Crippen LogP) is 4.32. The molecule has 2 atom stereocenters. The molecule has 0 bridgehead atoms. The summed E-state index contributed by atoms with van der Waals surface area (Å²) in [5, 5.41) is 0. The Hall–Kier alpha value is -2.10. The van der Waals surface area contributed by atoms with Crippen molar-refractivity contribution in [2.75, 3.05) is 39.5 Å². The Bertz CT molecular complexity index is 725. The first-order valence-corrected chi connectivity index (χ1v) is 10.1. The Kier molecular flexibility index (Phi) is 5.90. The van der Waals surface area contributed by atoms with E-state index in [-0.39, 0.29) is 0 Å². The van der Waals surface area contributed by atoms with Gasteiger partial charge in [-0.05, 0) is 18.1 Å². The van der Waals surface area contributed by atoms with E-state index in [1.165, 1.54) is 16.9 Å². The Morgan fingerprint density at radius 1 is 1.00 bits per heavy atom. The van der Waals surface area contributed by atoms with Crippen molar-refractivity contribution >= 4 is 0 Å². The summed E-state index contributed by atoms with van der Waals surface area (Å²) in [6, 6.07) is 10.9. The summed E-state index contributed by atoms with van der Waals surface area (Å²) in [6.07, 6.45) is 13.2. The monoisotopic (exact) mass is 363 g/mol. The van der Waals surface area contributed by atoms with Gasteiger partial charge in [0.15, 0.2) is 0 Å². The Morgan fingerprint density at radius 2 is 1.70 bits per heavy atom. The molecular weight excluding hydrogens is 334 g/mol. The maximum atomic E-state index is 6.22. The fourth-order valence-corrected chi connectivity index (χ4v) is 4.44. The highest BCUT2D eigenvalue weighted by atomic mass is 16.5. The second kappa shape index (κ2) is 8.73. The van der Waals surface area contributed by atoms with Gasteiger partial charge in [-0.2, -0.15) is 0 Å². The van der Waals surface area contributed by atoms with Crippen LogP contribution in [0.25, 0.3) is 0 Å². The Balaban J connectivity index is 1.68. The number of nitrogens with zero attached hydrogens (tertiary/aromatic N) is 1. The average Bonchev–Trinajstić information content (AvgIpc) is 2.99. The molecule has 2 aliphatic carbocycles. The van der Waals surface area contributed by atoms with Crippen molar-refractivity contribution in [3.63, 3.8) is 0 Å². The molecule has 1 aromatic carbocycles. The van der Waals surface area contributed by atoms with Crippen LogP contribution in [0.5, 0.6) is 0 Å². The van der Waals surface area contributed by atoms with Gasteiger partial charge in [-0.3, -0.25) is 4.90 Å². The molecule has 142 valence electrons. The third-order valence-electron chi connectivity index (χ3n) is 5.72. The zero-order valence-electron chi connectivity index (χ0n) is 16.1. The number of morpholine rings is 1. The van der Waals surface area contributed by atoms with Gasteiger partial charge in [0.05, 0.1) is 19.8 Å². The molecule has 0 amide bonds. The van der Waals surface area contributed by atoms with Crippen LogP contribution in [0.4, 0.5) is 0 Å². The van der Waals surface area contributed by atoms with Crippen molar-refractivity contribution < 1.29 is 9.47 Å². The lowest BCUT2D eigenvalue weighted by Gasteiger charge is -2.46. The van der Waals surface area contributed by atoms with E-state index in [2.05, 4.69) is 78.6 Å². The number of benzene rings is 1. The van der Waals surface area contributed by atoms with Gasteiger partial charge in [-0.25, -0.2) is 0 Å². The smallest absolute Gasteiger partial charge is 0.102 e. The van der Waals surface area contributed by atoms with Crippen molar-refractivity contribution in [2.24, 2.45) is 11.8 Å². The van der Waals surface area contributed by atoms with Gasteiger partial charge in [0.1, 0.15) is 5.76 Å². The molecule has 0 aromatic heterocycles. The molecule has 3 heteroatoms. The van der Waals surface area contributed by atoms with Crippen LogP contribution in [0, 0.1) is 11.8 Å². The van der Waals surface area contributed by atoms with E-state index >= 15 is 0 Å². The topological polar surface area (TPSA) is 21.7 Å². The summed E-state index contributed by atoms with van der Waals surface area (Å²) in [5.41, 5.74) is 2.85. The highest BCUT2D eigenvalue weighted by Crippen LogP contribution is 2.52. The van der Waals surface area contributed by atoms with E-state index in [9.17, 15) is 0 Å². The van der Waals surface area contributed by atoms with Crippen LogP contribution in [-0.2, 0) is 9.47 Å². The zero-order valence-corrected chi connectivity index (χ0v) is 16.1. The van der Waals surface area contributed by atoms with Gasteiger partial charge in [0.2, 0.25) is 0 Å². The highest BCUT2D eigenvalue weighted by molar-refractivity contribution is 5.45. The molecule has 0 radical (unpaired) electrons. The molecule has 0 N–H and O–H groups in total. The molecule has 0 spiro atoms. The van der Waals surface area contributed by atoms with Crippen molar-refractivity contribution in [3.05, 3.63) is 83.7 Å². The maximum absolute atomic E-state index is 6.22. The Labute approximate surface area is 162 Å². The van der Waals surface area contributed by atoms with E-state index in [0.29, 0.717) is 17.8 Å². The van der Waals surface area contributed by atoms with Crippen LogP contribution in [0.2, 0.25) is 0 Å². The first-order valence-electron chi connectivity index (χ1n) is 10.1. The summed E-state index contributed by atoms with van der Waals surface area (Å²) in [4.78, 5) is 2.50. The summed E-state index contributed by atoms with van der Waals surface area (Å²) < 4.78 is 11.8. The first-order chi connectivity index (χ1) is 13.4. The lowest BCUT2D eigenvalue weighted by molar-refractivity contribution is 0.0370. The fraction of sp³-hybridized carbons (Fsp3) is 0.417. The molecule has 3 nitrogen and oxygen atoms in total. The number of ether oxygens (including phenoxy) is 2. The van der Waals surface area contributed by atoms with Crippen molar-refractivity contribution in [1.82, 2.24) is 4.90 Å². The lowest BCUT2D eigenvalue weighted by atomic mass is 9.63. The first kappa shape index (κ1) is 18.3. The van der Waals surface area contributed by atoms with Crippen LogP contribution >= 0.6 is 0 Å². The maximum Gasteiger partial charge on any atom is 0.102 e. The van der Waals surface area contributed by atoms with Crippen molar-refractivity contribution in [2.45, 2.75) is 12.8 Å². The third kappa shape index (κ3) is 3.95. The molecule has 1 aliphatic heterocycles. The van der Waals surface area contributed by atoms with Crippen LogP contribution in [0.15, 0.2) is 78.1 Å². The minimum absolute atomic E-state index is 0.361. The molecule has 3 aliphatic rings. The van der Waals surface area contributed by atoms with Gasteiger partial charge in [0.25, 0.3) is 0 Å². The fourth-order valence-electron chi connectivity index (χ4n) is 4.44. The molecular formula is C24H29NO2. The molecule has 1 fully saturated rings. The quantitative estimate of drug-likeness (QED) is 0.751. The van der Waals surface area contributed by atoms with E-state index in [4.69, 9.17) is 9.47 Å². The Morgan fingerprint density at radius 3 is 2.37 bits per heavy atom. The highest BCUT2D eigenvalue weighted by Gasteiger charge is 2.46. The number of rotatable bonds is 6. The molecule has 2 unspecified atom stereocenters. The lowest BCUT2D eigenvalue weighted by Crippen LogP contribution is -2.43. The second-order valence-corrected chi connectivity index (χ2v) is 7.36. The molecule has 1 heterocycles. The minimum Gasteiger partial charge on any atom is -0.498 e. The van der Waals surface area contributed by atoms with E-state index < -0.39 is 0 Å². The molecule has 4 rings (SSSR count). The minimum atomic E-state index is 0.361. The van der Waals surface area contributed by atoms with Crippen LogP contribution in [0.1, 0.15) is 18.4 Å². The SMILES string of the molecule is CCOC1=C(CN2CCOCC2)C(c2ccccc2)C1C1C=CC=CC=C1. The van der Waals surface area contributed by atoms with Gasteiger partial charge in [-0.15, -0.1) is 0 Å². The third-order valence-corrected chi connectivity index (χ3v) is 5.72. The number of hydrogen-bond acceptors (Lipinski definition) is 3. The molecule has 1 aromatic rings. The molecule has 0 saturated carbocycles. The summed E-state index contributed by atoms with van der Waals surface area (Å²) in [6.45, 7) is 7.45. The normalized spacial score (nSPS) is 26.1. The van der Waals surface area contributed by atoms with Gasteiger partial charge < -0.3 is 9.47 Å².